The summed E-state index contributed by atoms with van der Waals surface area (Å²) in [4.78, 5) is 26.2. The Morgan fingerprint density at radius 2 is 2.10 bits per heavy atom. The molecule has 2 aromatic rings. The summed E-state index contributed by atoms with van der Waals surface area (Å²) in [7, 11) is 3.75. The number of imidazole rings is 1. The lowest BCUT2D eigenvalue weighted by Crippen LogP contribution is -2.29. The number of hydrogen-bond donors (Lipinski definition) is 0. The number of nitrogens with zero attached hydrogens (tertiary/aromatic N) is 5. The molecule has 0 aliphatic rings. The summed E-state index contributed by atoms with van der Waals surface area (Å²) in [6.07, 6.45) is 8.55. The Morgan fingerprint density at radius 3 is 2.70 bits per heavy atom. The third-order valence-electron chi connectivity index (χ3n) is 3.16. The zero-order chi connectivity index (χ0) is 14.5. The van der Waals surface area contributed by atoms with Crippen LogP contribution in [-0.2, 0) is 13.5 Å². The first-order chi connectivity index (χ1) is 9.58. The first kappa shape index (κ1) is 14.2. The Hall–Kier alpha value is -2.24. The molecule has 1 amide bonds. The van der Waals surface area contributed by atoms with Gasteiger partial charge in [-0.2, -0.15) is 0 Å². The van der Waals surface area contributed by atoms with E-state index in [-0.39, 0.29) is 5.91 Å². The lowest BCUT2D eigenvalue weighted by Gasteiger charge is -2.16. The highest BCUT2D eigenvalue weighted by Crippen LogP contribution is 2.03. The molecule has 0 aromatic carbocycles. The van der Waals surface area contributed by atoms with Crippen LogP contribution in [0.2, 0.25) is 0 Å². The van der Waals surface area contributed by atoms with Crippen LogP contribution < -0.4 is 0 Å². The number of aryl methyl sites for hydroxylation is 3. The molecule has 0 radical (unpaired) electrons. The minimum Gasteiger partial charge on any atom is -0.340 e. The van der Waals surface area contributed by atoms with Crippen LogP contribution in [0.15, 0.2) is 24.8 Å². The van der Waals surface area contributed by atoms with Crippen molar-refractivity contribution in [3.63, 3.8) is 0 Å². The van der Waals surface area contributed by atoms with E-state index < -0.39 is 0 Å². The number of amides is 1. The number of carbonyl (C=O) groups is 1. The van der Waals surface area contributed by atoms with Gasteiger partial charge < -0.3 is 9.47 Å². The van der Waals surface area contributed by atoms with Crippen LogP contribution in [0.25, 0.3) is 0 Å². The van der Waals surface area contributed by atoms with Gasteiger partial charge in [-0.15, -0.1) is 0 Å². The van der Waals surface area contributed by atoms with Crippen molar-refractivity contribution < 1.29 is 4.79 Å². The maximum Gasteiger partial charge on any atom is 0.273 e. The van der Waals surface area contributed by atoms with Crippen molar-refractivity contribution in [3.05, 3.63) is 42.0 Å². The molecule has 0 aliphatic carbocycles. The third kappa shape index (κ3) is 3.40. The molecule has 0 N–H and O–H groups in total. The highest BCUT2D eigenvalue weighted by molar-refractivity contribution is 5.91. The van der Waals surface area contributed by atoms with Crippen LogP contribution in [0.5, 0.6) is 0 Å². The summed E-state index contributed by atoms with van der Waals surface area (Å²) in [6.45, 7) is 2.51. The Kier molecular flexibility index (Phi) is 4.45. The van der Waals surface area contributed by atoms with E-state index >= 15 is 0 Å². The van der Waals surface area contributed by atoms with Gasteiger partial charge in [-0.3, -0.25) is 9.78 Å². The van der Waals surface area contributed by atoms with Crippen LogP contribution in [0.4, 0.5) is 0 Å². The molecule has 0 spiro atoms. The standard InChI is InChI=1S/C14H19N5O/c1-11-9-17-12(10-16-11)14(20)19(3)7-4-5-13-15-6-8-18(13)2/h6,8-10H,4-5,7H2,1-3H3. The molecule has 0 bridgehead atoms. The zero-order valence-electron chi connectivity index (χ0n) is 12.1. The molecule has 6 nitrogen and oxygen atoms in total. The molecule has 0 atom stereocenters. The SMILES string of the molecule is Cc1cnc(C(=O)N(C)CCCc2nccn2C)cn1. The van der Waals surface area contributed by atoms with Crippen LogP contribution in [-0.4, -0.2) is 43.9 Å². The molecule has 2 rings (SSSR count). The fourth-order valence-electron chi connectivity index (χ4n) is 1.91. The average molecular weight is 273 g/mol. The van der Waals surface area contributed by atoms with E-state index in [1.807, 2.05) is 24.7 Å². The Balaban J connectivity index is 1.85. The van der Waals surface area contributed by atoms with Crippen LogP contribution in [0, 0.1) is 6.92 Å². The van der Waals surface area contributed by atoms with E-state index in [0.29, 0.717) is 12.2 Å². The van der Waals surface area contributed by atoms with Crippen molar-refractivity contribution in [1.29, 1.82) is 0 Å². The maximum absolute atomic E-state index is 12.1. The van der Waals surface area contributed by atoms with Gasteiger partial charge in [-0.05, 0) is 13.3 Å². The molecule has 0 saturated carbocycles. The van der Waals surface area contributed by atoms with Gasteiger partial charge in [0.1, 0.15) is 11.5 Å². The van der Waals surface area contributed by atoms with Gasteiger partial charge in [-0.25, -0.2) is 9.97 Å². The third-order valence-corrected chi connectivity index (χ3v) is 3.16. The molecule has 0 unspecified atom stereocenters. The van der Waals surface area contributed by atoms with Crippen molar-refractivity contribution in [1.82, 2.24) is 24.4 Å². The normalized spacial score (nSPS) is 10.6. The van der Waals surface area contributed by atoms with Gasteiger partial charge in [0.05, 0.1) is 11.9 Å². The summed E-state index contributed by atoms with van der Waals surface area (Å²) in [6, 6.07) is 0. The van der Waals surface area contributed by atoms with Gasteiger partial charge in [0.15, 0.2) is 0 Å². The predicted molar refractivity (Wildman–Crippen MR) is 75.3 cm³/mol. The molecule has 0 saturated heterocycles. The fourth-order valence-corrected chi connectivity index (χ4v) is 1.91. The van der Waals surface area contributed by atoms with Crippen molar-refractivity contribution in [2.24, 2.45) is 7.05 Å². The Labute approximate surface area is 118 Å². The summed E-state index contributed by atoms with van der Waals surface area (Å²) >= 11 is 0. The van der Waals surface area contributed by atoms with Gasteiger partial charge in [0.2, 0.25) is 0 Å². The second kappa shape index (κ2) is 6.27. The van der Waals surface area contributed by atoms with Crippen molar-refractivity contribution >= 4 is 5.91 Å². The molecule has 0 aliphatic heterocycles. The van der Waals surface area contributed by atoms with Crippen molar-refractivity contribution in [2.75, 3.05) is 13.6 Å². The molecular weight excluding hydrogens is 254 g/mol. The topological polar surface area (TPSA) is 63.9 Å². The highest BCUT2D eigenvalue weighted by Gasteiger charge is 2.13. The van der Waals surface area contributed by atoms with E-state index in [0.717, 1.165) is 24.4 Å². The van der Waals surface area contributed by atoms with Gasteiger partial charge >= 0.3 is 0 Å². The molecule has 0 fully saturated rings. The van der Waals surface area contributed by atoms with E-state index in [1.165, 1.54) is 6.20 Å². The summed E-state index contributed by atoms with van der Waals surface area (Å²) in [5, 5.41) is 0. The summed E-state index contributed by atoms with van der Waals surface area (Å²) in [5.74, 6) is 0.929. The number of carbonyl (C=O) groups excluding carboxylic acids is 1. The van der Waals surface area contributed by atoms with Crippen molar-refractivity contribution in [2.45, 2.75) is 19.8 Å². The zero-order valence-corrected chi connectivity index (χ0v) is 12.1. The fraction of sp³-hybridized carbons (Fsp3) is 0.429. The Bertz CT molecular complexity index is 576. The monoisotopic (exact) mass is 273 g/mol. The minimum absolute atomic E-state index is 0.0997. The Morgan fingerprint density at radius 1 is 1.30 bits per heavy atom. The van der Waals surface area contributed by atoms with Gasteiger partial charge in [0, 0.05) is 45.7 Å². The van der Waals surface area contributed by atoms with Crippen LogP contribution >= 0.6 is 0 Å². The molecule has 6 heteroatoms. The highest BCUT2D eigenvalue weighted by atomic mass is 16.2. The average Bonchev–Trinajstić information content (AvgIpc) is 2.84. The quantitative estimate of drug-likeness (QED) is 0.821. The second-order valence-corrected chi connectivity index (χ2v) is 4.83. The second-order valence-electron chi connectivity index (χ2n) is 4.83. The lowest BCUT2D eigenvalue weighted by molar-refractivity contribution is 0.0787. The van der Waals surface area contributed by atoms with Crippen LogP contribution in [0.1, 0.15) is 28.4 Å². The maximum atomic E-state index is 12.1. The molecule has 106 valence electrons. The predicted octanol–water partition coefficient (Wildman–Crippen LogP) is 1.22. The summed E-state index contributed by atoms with van der Waals surface area (Å²) < 4.78 is 1.99. The van der Waals surface area contributed by atoms with Crippen LogP contribution in [0.3, 0.4) is 0 Å². The lowest BCUT2D eigenvalue weighted by atomic mass is 10.2. The van der Waals surface area contributed by atoms with E-state index in [1.54, 1.807) is 24.3 Å². The van der Waals surface area contributed by atoms with E-state index in [2.05, 4.69) is 15.0 Å². The van der Waals surface area contributed by atoms with E-state index in [4.69, 9.17) is 0 Å². The molecule has 2 aromatic heterocycles. The smallest absolute Gasteiger partial charge is 0.273 e. The van der Waals surface area contributed by atoms with Crippen molar-refractivity contribution in [3.8, 4) is 0 Å². The first-order valence-corrected chi connectivity index (χ1v) is 6.58. The van der Waals surface area contributed by atoms with Gasteiger partial charge in [0.25, 0.3) is 5.91 Å². The summed E-state index contributed by atoms with van der Waals surface area (Å²) in [5.41, 5.74) is 1.19. The molecular formula is C14H19N5O. The van der Waals surface area contributed by atoms with Gasteiger partial charge in [-0.1, -0.05) is 0 Å². The number of rotatable bonds is 5. The number of hydrogen-bond acceptors (Lipinski definition) is 4. The largest absolute Gasteiger partial charge is 0.340 e. The molecule has 20 heavy (non-hydrogen) atoms. The first-order valence-electron chi connectivity index (χ1n) is 6.58. The minimum atomic E-state index is -0.0997. The number of aromatic nitrogens is 4. The molecule has 2 heterocycles. The van der Waals surface area contributed by atoms with E-state index in [9.17, 15) is 4.79 Å².